The topological polar surface area (TPSA) is 17.1 Å². The van der Waals surface area contributed by atoms with E-state index in [1.165, 1.54) is 0 Å². The molecule has 0 aliphatic carbocycles. The molecule has 10 heavy (non-hydrogen) atoms. The molecule has 0 atom stereocenters. The van der Waals surface area contributed by atoms with Crippen molar-refractivity contribution in [3.05, 3.63) is 31.8 Å². The zero-order valence-corrected chi connectivity index (χ0v) is 8.72. The summed E-state index contributed by atoms with van der Waals surface area (Å²) in [5, 5.41) is 0. The molecule has 0 bridgehead atoms. The number of benzene rings is 1. The molecule has 0 fully saturated rings. The van der Waals surface area contributed by atoms with Crippen molar-refractivity contribution in [1.82, 2.24) is 0 Å². The van der Waals surface area contributed by atoms with E-state index in [9.17, 15) is 4.79 Å². The molecule has 0 spiro atoms. The highest BCUT2D eigenvalue weighted by Crippen LogP contribution is 2.16. The molecule has 3 heteroatoms. The first-order valence-electron chi connectivity index (χ1n) is 2.64. The molecular formula is C7H4BrIO. The van der Waals surface area contributed by atoms with Gasteiger partial charge in [0.1, 0.15) is 0 Å². The number of aldehydes is 1. The van der Waals surface area contributed by atoms with Crippen molar-refractivity contribution >= 4 is 44.8 Å². The molecule has 1 rings (SSSR count). The normalized spacial score (nSPS) is 9.40. The minimum atomic E-state index is 0.740. The maximum Gasteiger partial charge on any atom is 0.151 e. The van der Waals surface area contributed by atoms with Crippen LogP contribution in [0.5, 0.6) is 0 Å². The Morgan fingerprint density at radius 2 is 2.20 bits per heavy atom. The molecule has 0 aliphatic heterocycles. The second-order valence-electron chi connectivity index (χ2n) is 1.78. The minimum Gasteiger partial charge on any atom is -0.298 e. The van der Waals surface area contributed by atoms with Gasteiger partial charge in [0.2, 0.25) is 0 Å². The van der Waals surface area contributed by atoms with E-state index in [-0.39, 0.29) is 0 Å². The largest absolute Gasteiger partial charge is 0.298 e. The first-order chi connectivity index (χ1) is 4.74. The lowest BCUT2D eigenvalue weighted by molar-refractivity contribution is 0.112. The highest BCUT2D eigenvalue weighted by molar-refractivity contribution is 14.1. The molecule has 0 aromatic heterocycles. The van der Waals surface area contributed by atoms with E-state index >= 15 is 0 Å². The van der Waals surface area contributed by atoms with E-state index in [0.717, 1.165) is 19.9 Å². The number of carbonyl (C=O) groups excluding carboxylic acids is 1. The number of hydrogen-bond acceptors (Lipinski definition) is 1. The summed E-state index contributed by atoms with van der Waals surface area (Å²) in [6, 6.07) is 5.55. The van der Waals surface area contributed by atoms with Crippen LogP contribution in [-0.4, -0.2) is 6.29 Å². The minimum absolute atomic E-state index is 0.740. The Bertz CT molecular complexity index is 260. The molecule has 1 aromatic rings. The Morgan fingerprint density at radius 1 is 1.50 bits per heavy atom. The summed E-state index contributed by atoms with van der Waals surface area (Å²) in [4.78, 5) is 10.3. The third kappa shape index (κ3) is 1.79. The Labute approximate surface area is 81.1 Å². The second kappa shape index (κ2) is 3.48. The molecule has 0 N–H and O–H groups in total. The third-order valence-electron chi connectivity index (χ3n) is 1.09. The van der Waals surface area contributed by atoms with Crippen LogP contribution < -0.4 is 0 Å². The first kappa shape index (κ1) is 8.20. The fourth-order valence-electron chi connectivity index (χ4n) is 0.597. The fraction of sp³-hybridized carbons (Fsp3) is 0. The quantitative estimate of drug-likeness (QED) is 0.576. The van der Waals surface area contributed by atoms with Crippen LogP contribution in [0.25, 0.3) is 0 Å². The van der Waals surface area contributed by atoms with Crippen molar-refractivity contribution in [2.75, 3.05) is 0 Å². The first-order valence-corrected chi connectivity index (χ1v) is 4.51. The average Bonchev–Trinajstić information content (AvgIpc) is 1.88. The monoisotopic (exact) mass is 310 g/mol. The van der Waals surface area contributed by atoms with E-state index in [1.807, 2.05) is 12.1 Å². The highest BCUT2D eigenvalue weighted by atomic mass is 127. The van der Waals surface area contributed by atoms with Crippen molar-refractivity contribution in [2.24, 2.45) is 0 Å². The van der Waals surface area contributed by atoms with Crippen LogP contribution in [0.3, 0.4) is 0 Å². The summed E-state index contributed by atoms with van der Waals surface area (Å²) < 4.78 is 1.98. The molecule has 1 nitrogen and oxygen atoms in total. The molecule has 0 unspecified atom stereocenters. The number of carbonyl (C=O) groups is 1. The van der Waals surface area contributed by atoms with Crippen LogP contribution in [0.2, 0.25) is 0 Å². The number of rotatable bonds is 1. The van der Waals surface area contributed by atoms with Crippen molar-refractivity contribution < 1.29 is 4.79 Å². The summed E-state index contributed by atoms with van der Waals surface area (Å²) in [5.41, 5.74) is 0.740. The zero-order chi connectivity index (χ0) is 7.56. The SMILES string of the molecule is O=Cc1ccc(Br)cc1I. The molecule has 0 saturated carbocycles. The van der Waals surface area contributed by atoms with Crippen LogP contribution in [0.15, 0.2) is 22.7 Å². The van der Waals surface area contributed by atoms with Crippen LogP contribution in [-0.2, 0) is 0 Å². The second-order valence-corrected chi connectivity index (χ2v) is 3.86. The van der Waals surface area contributed by atoms with Gasteiger partial charge in [-0.15, -0.1) is 0 Å². The summed E-state index contributed by atoms with van der Waals surface area (Å²) >= 11 is 5.43. The van der Waals surface area contributed by atoms with Gasteiger partial charge in [0.05, 0.1) is 0 Å². The Morgan fingerprint density at radius 3 is 2.70 bits per heavy atom. The van der Waals surface area contributed by atoms with Crippen LogP contribution in [0, 0.1) is 3.57 Å². The van der Waals surface area contributed by atoms with E-state index in [0.29, 0.717) is 0 Å². The molecule has 1 aromatic carbocycles. The van der Waals surface area contributed by atoms with Crippen molar-refractivity contribution in [3.8, 4) is 0 Å². The van der Waals surface area contributed by atoms with Crippen LogP contribution >= 0.6 is 38.5 Å². The lowest BCUT2D eigenvalue weighted by Gasteiger charge is -1.94. The lowest BCUT2D eigenvalue weighted by Crippen LogP contribution is -1.83. The summed E-state index contributed by atoms with van der Waals surface area (Å²) in [6.07, 6.45) is 0.855. The Kier molecular flexibility index (Phi) is 2.85. The summed E-state index contributed by atoms with van der Waals surface area (Å²) in [6.45, 7) is 0. The standard InChI is InChI=1S/C7H4BrIO/c8-6-2-1-5(4-10)7(9)3-6/h1-4H. The molecular weight excluding hydrogens is 307 g/mol. The van der Waals surface area contributed by atoms with Crippen molar-refractivity contribution in [3.63, 3.8) is 0 Å². The third-order valence-corrected chi connectivity index (χ3v) is 2.52. The van der Waals surface area contributed by atoms with E-state index in [1.54, 1.807) is 6.07 Å². The number of hydrogen-bond donors (Lipinski definition) is 0. The molecule has 0 aliphatic rings. The fourth-order valence-corrected chi connectivity index (χ4v) is 2.03. The maximum absolute atomic E-state index is 10.3. The zero-order valence-electron chi connectivity index (χ0n) is 4.97. The van der Waals surface area contributed by atoms with Gasteiger partial charge < -0.3 is 0 Å². The Balaban J connectivity index is 3.19. The smallest absolute Gasteiger partial charge is 0.151 e. The van der Waals surface area contributed by atoms with Crippen molar-refractivity contribution in [2.45, 2.75) is 0 Å². The van der Waals surface area contributed by atoms with E-state index in [4.69, 9.17) is 0 Å². The van der Waals surface area contributed by atoms with Gasteiger partial charge in [0.25, 0.3) is 0 Å². The van der Waals surface area contributed by atoms with Gasteiger partial charge in [-0.2, -0.15) is 0 Å². The Hall–Kier alpha value is 0.1000. The summed E-state index contributed by atoms with van der Waals surface area (Å²) in [5.74, 6) is 0. The molecule has 0 radical (unpaired) electrons. The predicted molar refractivity (Wildman–Crippen MR) is 52.2 cm³/mol. The van der Waals surface area contributed by atoms with Gasteiger partial charge >= 0.3 is 0 Å². The van der Waals surface area contributed by atoms with Gasteiger partial charge in [0, 0.05) is 13.6 Å². The van der Waals surface area contributed by atoms with Gasteiger partial charge in [-0.25, -0.2) is 0 Å². The lowest BCUT2D eigenvalue weighted by atomic mass is 10.2. The van der Waals surface area contributed by atoms with Gasteiger partial charge in [-0.05, 0) is 40.8 Å². The van der Waals surface area contributed by atoms with Crippen molar-refractivity contribution in [1.29, 1.82) is 0 Å². The molecule has 52 valence electrons. The molecule has 0 saturated heterocycles. The van der Waals surface area contributed by atoms with Gasteiger partial charge in [-0.3, -0.25) is 4.79 Å². The molecule has 0 heterocycles. The van der Waals surface area contributed by atoms with Gasteiger partial charge in [0.15, 0.2) is 6.29 Å². The molecule has 0 amide bonds. The van der Waals surface area contributed by atoms with E-state index < -0.39 is 0 Å². The predicted octanol–water partition coefficient (Wildman–Crippen LogP) is 2.87. The van der Waals surface area contributed by atoms with Crippen LogP contribution in [0.1, 0.15) is 10.4 Å². The van der Waals surface area contributed by atoms with E-state index in [2.05, 4.69) is 38.5 Å². The maximum atomic E-state index is 10.3. The number of halogens is 2. The van der Waals surface area contributed by atoms with Gasteiger partial charge in [-0.1, -0.05) is 15.9 Å². The van der Waals surface area contributed by atoms with Crippen LogP contribution in [0.4, 0.5) is 0 Å². The highest BCUT2D eigenvalue weighted by Gasteiger charge is 1.96. The average molecular weight is 311 g/mol. The summed E-state index contributed by atoms with van der Waals surface area (Å²) in [7, 11) is 0.